The van der Waals surface area contributed by atoms with Crippen LogP contribution in [0.3, 0.4) is 0 Å². The molecule has 0 aliphatic carbocycles. The lowest BCUT2D eigenvalue weighted by Crippen LogP contribution is -2.22. The van der Waals surface area contributed by atoms with E-state index in [0.29, 0.717) is 10.6 Å². The molecule has 0 bridgehead atoms. The highest BCUT2D eigenvalue weighted by Gasteiger charge is 2.20. The van der Waals surface area contributed by atoms with Gasteiger partial charge in [0.1, 0.15) is 4.21 Å². The molecule has 10 heteroatoms. The number of hydrogen-bond acceptors (Lipinski definition) is 8. The molecule has 0 fully saturated rings. The van der Waals surface area contributed by atoms with Gasteiger partial charge in [0.25, 0.3) is 0 Å². The molecule has 0 spiro atoms. The molecule has 0 saturated heterocycles. The Labute approximate surface area is 147 Å². The predicted octanol–water partition coefficient (Wildman–Crippen LogP) is 2.06. The topological polar surface area (TPSA) is 111 Å². The average molecular weight is 379 g/mol. The fourth-order valence-corrected chi connectivity index (χ4v) is 4.23. The van der Waals surface area contributed by atoms with Crippen LogP contribution in [0.4, 0.5) is 0 Å². The molecule has 0 unspecified atom stereocenters. The van der Waals surface area contributed by atoms with E-state index in [1.54, 1.807) is 30.5 Å². The zero-order valence-corrected chi connectivity index (χ0v) is 14.6. The Hall–Kier alpha value is -2.56. The second-order valence-electron chi connectivity index (χ2n) is 4.83. The summed E-state index contributed by atoms with van der Waals surface area (Å²) in [5.41, 5.74) is 0.629. The third-order valence-electron chi connectivity index (χ3n) is 3.16. The lowest BCUT2D eigenvalue weighted by atomic mass is 10.3. The van der Waals surface area contributed by atoms with Crippen LogP contribution >= 0.6 is 11.3 Å². The van der Waals surface area contributed by atoms with Crippen molar-refractivity contribution in [3.63, 3.8) is 0 Å². The van der Waals surface area contributed by atoms with Crippen molar-refractivity contribution in [1.82, 2.24) is 14.9 Å². The molecule has 0 saturated carbocycles. The van der Waals surface area contributed by atoms with Crippen LogP contribution in [0.2, 0.25) is 0 Å². The highest BCUT2D eigenvalue weighted by Crippen LogP contribution is 2.31. The number of thiophene rings is 1. The van der Waals surface area contributed by atoms with Crippen LogP contribution in [0.5, 0.6) is 0 Å². The van der Waals surface area contributed by atoms with E-state index in [1.807, 2.05) is 0 Å². The maximum absolute atomic E-state index is 12.4. The van der Waals surface area contributed by atoms with Gasteiger partial charge in [-0.3, -0.25) is 4.98 Å². The molecular formula is C15H13N3O5S2. The summed E-state index contributed by atoms with van der Waals surface area (Å²) in [6, 6.07) is 9.70. The quantitative estimate of drug-likeness (QED) is 0.653. The van der Waals surface area contributed by atoms with Gasteiger partial charge in [0.15, 0.2) is 11.5 Å². The first-order valence-corrected chi connectivity index (χ1v) is 9.34. The monoisotopic (exact) mass is 379 g/mol. The smallest absolute Gasteiger partial charge is 0.360 e. The molecule has 0 aromatic carbocycles. The van der Waals surface area contributed by atoms with Gasteiger partial charge in [-0.15, -0.1) is 11.3 Å². The number of aromatic nitrogens is 2. The SMILES string of the molecule is COC(=O)c1cc(-c2ccc(S(=O)(=O)NCc3ccccn3)s2)on1. The Morgan fingerprint density at radius 1 is 1.32 bits per heavy atom. The summed E-state index contributed by atoms with van der Waals surface area (Å²) in [7, 11) is -2.45. The number of ether oxygens (including phenoxy) is 1. The molecule has 3 heterocycles. The maximum atomic E-state index is 12.4. The third kappa shape index (κ3) is 3.92. The molecule has 25 heavy (non-hydrogen) atoms. The van der Waals surface area contributed by atoms with Gasteiger partial charge in [0, 0.05) is 12.3 Å². The lowest BCUT2D eigenvalue weighted by Gasteiger charge is -2.03. The maximum Gasteiger partial charge on any atom is 0.360 e. The van der Waals surface area contributed by atoms with Gasteiger partial charge in [-0.2, -0.15) is 0 Å². The first-order valence-electron chi connectivity index (χ1n) is 7.04. The van der Waals surface area contributed by atoms with Gasteiger partial charge >= 0.3 is 5.97 Å². The fourth-order valence-electron chi connectivity index (χ4n) is 1.93. The predicted molar refractivity (Wildman–Crippen MR) is 89.4 cm³/mol. The minimum atomic E-state index is -3.69. The number of esters is 1. The minimum Gasteiger partial charge on any atom is -0.464 e. The number of carbonyl (C=O) groups excluding carboxylic acids is 1. The van der Waals surface area contributed by atoms with Crippen LogP contribution in [-0.4, -0.2) is 31.6 Å². The molecule has 3 aromatic rings. The number of hydrogen-bond donors (Lipinski definition) is 1. The van der Waals surface area contributed by atoms with Crippen molar-refractivity contribution in [2.24, 2.45) is 0 Å². The molecule has 0 amide bonds. The van der Waals surface area contributed by atoms with E-state index in [2.05, 4.69) is 19.6 Å². The van der Waals surface area contributed by atoms with E-state index in [0.717, 1.165) is 11.3 Å². The van der Waals surface area contributed by atoms with Crippen LogP contribution in [-0.2, 0) is 21.3 Å². The molecule has 1 N–H and O–H groups in total. The fraction of sp³-hybridized carbons (Fsp3) is 0.133. The number of pyridine rings is 1. The van der Waals surface area contributed by atoms with Crippen LogP contribution in [0.25, 0.3) is 10.6 Å². The van der Waals surface area contributed by atoms with Crippen molar-refractivity contribution in [3.8, 4) is 10.6 Å². The van der Waals surface area contributed by atoms with Crippen molar-refractivity contribution in [2.75, 3.05) is 7.11 Å². The highest BCUT2D eigenvalue weighted by molar-refractivity contribution is 7.91. The summed E-state index contributed by atoms with van der Waals surface area (Å²) < 4.78 is 36.9. The van der Waals surface area contributed by atoms with Crippen molar-refractivity contribution in [2.45, 2.75) is 10.8 Å². The summed E-state index contributed by atoms with van der Waals surface area (Å²) in [5, 5.41) is 3.59. The Morgan fingerprint density at radius 3 is 2.88 bits per heavy atom. The highest BCUT2D eigenvalue weighted by atomic mass is 32.2. The first kappa shape index (κ1) is 17.3. The molecule has 3 aromatic heterocycles. The van der Waals surface area contributed by atoms with E-state index < -0.39 is 16.0 Å². The number of nitrogens with zero attached hydrogens (tertiary/aromatic N) is 2. The van der Waals surface area contributed by atoms with E-state index in [9.17, 15) is 13.2 Å². The van der Waals surface area contributed by atoms with Gasteiger partial charge in [0.2, 0.25) is 10.0 Å². The zero-order chi connectivity index (χ0) is 17.9. The normalized spacial score (nSPS) is 11.4. The van der Waals surface area contributed by atoms with E-state index in [4.69, 9.17) is 4.52 Å². The van der Waals surface area contributed by atoms with Crippen molar-refractivity contribution in [3.05, 3.63) is 54.0 Å². The van der Waals surface area contributed by atoms with Crippen LogP contribution in [0.1, 0.15) is 16.2 Å². The van der Waals surface area contributed by atoms with Crippen LogP contribution < -0.4 is 4.72 Å². The van der Waals surface area contributed by atoms with Crippen molar-refractivity contribution >= 4 is 27.3 Å². The van der Waals surface area contributed by atoms with Crippen molar-refractivity contribution in [1.29, 1.82) is 0 Å². The second-order valence-corrected chi connectivity index (χ2v) is 7.91. The van der Waals surface area contributed by atoms with Gasteiger partial charge in [-0.1, -0.05) is 11.2 Å². The molecule has 0 aliphatic heterocycles. The molecule has 130 valence electrons. The van der Waals surface area contributed by atoms with E-state index >= 15 is 0 Å². The molecule has 8 nitrogen and oxygen atoms in total. The summed E-state index contributed by atoms with van der Waals surface area (Å²) in [6.45, 7) is 0.0885. The Morgan fingerprint density at radius 2 is 2.16 bits per heavy atom. The number of carbonyl (C=O) groups is 1. The largest absolute Gasteiger partial charge is 0.464 e. The summed E-state index contributed by atoms with van der Waals surface area (Å²) in [6.07, 6.45) is 1.59. The standard InChI is InChI=1S/C15H13N3O5S2/c1-22-15(19)11-8-12(23-18-11)13-5-6-14(24-13)25(20,21)17-9-10-4-2-3-7-16-10/h2-8,17H,9H2,1H3. The zero-order valence-electron chi connectivity index (χ0n) is 13.0. The Bertz CT molecular complexity index is 980. The van der Waals surface area contributed by atoms with Gasteiger partial charge in [-0.05, 0) is 24.3 Å². The third-order valence-corrected chi connectivity index (χ3v) is 6.16. The molecule has 0 aliphatic rings. The van der Waals surface area contributed by atoms with Crippen LogP contribution in [0.15, 0.2) is 51.3 Å². The molecular weight excluding hydrogens is 366 g/mol. The second kappa shape index (κ2) is 7.13. The van der Waals surface area contributed by atoms with Gasteiger partial charge < -0.3 is 9.26 Å². The molecule has 0 radical (unpaired) electrons. The average Bonchev–Trinajstić information content (AvgIpc) is 3.29. The van der Waals surface area contributed by atoms with Crippen LogP contribution in [0, 0.1) is 0 Å². The molecule has 0 atom stereocenters. The summed E-state index contributed by atoms with van der Waals surface area (Å²) in [5.74, 6) is -0.340. The van der Waals surface area contributed by atoms with Gasteiger partial charge in [-0.25, -0.2) is 17.9 Å². The van der Waals surface area contributed by atoms with E-state index in [1.165, 1.54) is 19.2 Å². The Balaban J connectivity index is 1.76. The van der Waals surface area contributed by atoms with Crippen molar-refractivity contribution < 1.29 is 22.5 Å². The van der Waals surface area contributed by atoms with E-state index in [-0.39, 0.29) is 22.2 Å². The molecule has 3 rings (SSSR count). The number of methoxy groups -OCH3 is 1. The summed E-state index contributed by atoms with van der Waals surface area (Å²) >= 11 is 1.00. The lowest BCUT2D eigenvalue weighted by molar-refractivity contribution is 0.0589. The Kier molecular flexibility index (Phi) is 4.93. The minimum absolute atomic E-state index is 0.0172. The van der Waals surface area contributed by atoms with Gasteiger partial charge in [0.05, 0.1) is 24.2 Å². The number of sulfonamides is 1. The number of nitrogens with one attached hydrogen (secondary N) is 1. The summed E-state index contributed by atoms with van der Waals surface area (Å²) in [4.78, 5) is 16.0. The number of rotatable bonds is 6. The first-order chi connectivity index (χ1) is 12.0.